The average Bonchev–Trinajstić information content (AvgIpc) is 2.35. The first kappa shape index (κ1) is 13.4. The van der Waals surface area contributed by atoms with Crippen LogP contribution in [0.5, 0.6) is 0 Å². The first-order valence-corrected chi connectivity index (χ1v) is 6.68. The molecule has 0 atom stereocenters. The minimum absolute atomic E-state index is 0.153. The van der Waals surface area contributed by atoms with Crippen LogP contribution in [0, 0.1) is 12.7 Å². The van der Waals surface area contributed by atoms with Crippen LogP contribution in [0.15, 0.2) is 40.9 Å². The van der Waals surface area contributed by atoms with Crippen LogP contribution in [0.25, 0.3) is 0 Å². The van der Waals surface area contributed by atoms with Crippen LogP contribution in [0.4, 0.5) is 10.1 Å². The Hall–Kier alpha value is -1.06. The van der Waals surface area contributed by atoms with Gasteiger partial charge in [-0.1, -0.05) is 45.7 Å². The van der Waals surface area contributed by atoms with Gasteiger partial charge in [-0.15, -0.1) is 0 Å². The highest BCUT2D eigenvalue weighted by Crippen LogP contribution is 2.23. The lowest BCUT2D eigenvalue weighted by Crippen LogP contribution is -2.03. The van der Waals surface area contributed by atoms with Crippen molar-refractivity contribution in [3.63, 3.8) is 0 Å². The van der Waals surface area contributed by atoms with E-state index >= 15 is 0 Å². The smallest absolute Gasteiger partial charge is 0.146 e. The molecule has 0 aromatic heterocycles. The highest BCUT2D eigenvalue weighted by atomic mass is 79.9. The van der Waals surface area contributed by atoms with Crippen molar-refractivity contribution in [1.29, 1.82) is 0 Å². The molecule has 2 rings (SSSR count). The Bertz CT molecular complexity index is 570. The lowest BCUT2D eigenvalue weighted by atomic mass is 10.1. The van der Waals surface area contributed by atoms with Gasteiger partial charge in [0.1, 0.15) is 5.82 Å². The number of rotatable bonds is 3. The molecule has 0 aliphatic rings. The SMILES string of the molecule is Cc1ccc(Br)cc1NCc1cccc(Cl)c1F. The van der Waals surface area contributed by atoms with Gasteiger partial charge in [0.2, 0.25) is 0 Å². The van der Waals surface area contributed by atoms with Crippen LogP contribution in [-0.2, 0) is 6.54 Å². The summed E-state index contributed by atoms with van der Waals surface area (Å²) < 4.78 is 14.7. The normalized spacial score (nSPS) is 10.4. The van der Waals surface area contributed by atoms with Crippen LogP contribution in [-0.4, -0.2) is 0 Å². The Morgan fingerprint density at radius 2 is 2.06 bits per heavy atom. The molecule has 0 bridgehead atoms. The standard InChI is InChI=1S/C14H12BrClFN/c1-9-5-6-11(15)7-13(9)18-8-10-3-2-4-12(16)14(10)17/h2-7,18H,8H2,1H3. The second-order valence-electron chi connectivity index (χ2n) is 4.03. The molecule has 2 aromatic rings. The maximum Gasteiger partial charge on any atom is 0.146 e. The molecule has 4 heteroatoms. The minimum atomic E-state index is -0.362. The van der Waals surface area contributed by atoms with Crippen molar-refractivity contribution in [3.8, 4) is 0 Å². The van der Waals surface area contributed by atoms with E-state index in [4.69, 9.17) is 11.6 Å². The van der Waals surface area contributed by atoms with E-state index in [2.05, 4.69) is 21.2 Å². The summed E-state index contributed by atoms with van der Waals surface area (Å²) in [4.78, 5) is 0. The van der Waals surface area contributed by atoms with Crippen molar-refractivity contribution in [1.82, 2.24) is 0 Å². The van der Waals surface area contributed by atoms with Crippen molar-refractivity contribution in [2.45, 2.75) is 13.5 Å². The van der Waals surface area contributed by atoms with Crippen molar-refractivity contribution in [2.75, 3.05) is 5.32 Å². The summed E-state index contributed by atoms with van der Waals surface area (Å²) in [7, 11) is 0. The van der Waals surface area contributed by atoms with Crippen LogP contribution >= 0.6 is 27.5 Å². The third kappa shape index (κ3) is 3.03. The summed E-state index contributed by atoms with van der Waals surface area (Å²) in [5.74, 6) is -0.362. The van der Waals surface area contributed by atoms with Gasteiger partial charge in [-0.2, -0.15) is 0 Å². The quantitative estimate of drug-likeness (QED) is 0.820. The van der Waals surface area contributed by atoms with Crippen LogP contribution < -0.4 is 5.32 Å². The van der Waals surface area contributed by atoms with Gasteiger partial charge in [0, 0.05) is 22.3 Å². The minimum Gasteiger partial charge on any atom is -0.381 e. The number of benzene rings is 2. The fourth-order valence-electron chi connectivity index (χ4n) is 1.66. The maximum absolute atomic E-state index is 13.7. The van der Waals surface area contributed by atoms with Crippen molar-refractivity contribution < 1.29 is 4.39 Å². The number of hydrogen-bond donors (Lipinski definition) is 1. The van der Waals surface area contributed by atoms with E-state index in [1.165, 1.54) is 0 Å². The van der Waals surface area contributed by atoms with E-state index in [1.54, 1.807) is 18.2 Å². The zero-order chi connectivity index (χ0) is 13.1. The summed E-state index contributed by atoms with van der Waals surface area (Å²) in [6.45, 7) is 2.41. The van der Waals surface area contributed by atoms with Gasteiger partial charge in [0.05, 0.1) is 5.02 Å². The fourth-order valence-corrected chi connectivity index (χ4v) is 2.22. The molecule has 0 spiro atoms. The Balaban J connectivity index is 2.16. The van der Waals surface area contributed by atoms with E-state index in [1.807, 2.05) is 25.1 Å². The first-order chi connectivity index (χ1) is 8.58. The second kappa shape index (κ2) is 5.72. The molecule has 0 amide bonds. The van der Waals surface area contributed by atoms with E-state index in [-0.39, 0.29) is 10.8 Å². The zero-order valence-corrected chi connectivity index (χ0v) is 12.1. The van der Waals surface area contributed by atoms with E-state index in [0.717, 1.165) is 15.7 Å². The Morgan fingerprint density at radius 1 is 1.28 bits per heavy atom. The molecular formula is C14H12BrClFN. The molecule has 0 saturated carbocycles. The van der Waals surface area contributed by atoms with E-state index < -0.39 is 0 Å². The number of halogens is 3. The molecule has 0 unspecified atom stereocenters. The average molecular weight is 329 g/mol. The molecule has 18 heavy (non-hydrogen) atoms. The van der Waals surface area contributed by atoms with Gasteiger partial charge in [0.15, 0.2) is 0 Å². The fraction of sp³-hybridized carbons (Fsp3) is 0.143. The summed E-state index contributed by atoms with van der Waals surface area (Å²) in [5.41, 5.74) is 2.64. The van der Waals surface area contributed by atoms with E-state index in [0.29, 0.717) is 12.1 Å². The monoisotopic (exact) mass is 327 g/mol. The van der Waals surface area contributed by atoms with Crippen molar-refractivity contribution in [3.05, 3.63) is 62.8 Å². The lowest BCUT2D eigenvalue weighted by Gasteiger charge is -2.11. The molecule has 94 valence electrons. The van der Waals surface area contributed by atoms with Gasteiger partial charge in [0.25, 0.3) is 0 Å². The molecule has 2 aromatic carbocycles. The number of hydrogen-bond acceptors (Lipinski definition) is 1. The Morgan fingerprint density at radius 3 is 2.83 bits per heavy atom. The van der Waals surface area contributed by atoms with Gasteiger partial charge in [-0.3, -0.25) is 0 Å². The highest BCUT2D eigenvalue weighted by molar-refractivity contribution is 9.10. The van der Waals surface area contributed by atoms with Gasteiger partial charge < -0.3 is 5.32 Å². The van der Waals surface area contributed by atoms with Gasteiger partial charge in [-0.05, 0) is 30.7 Å². The number of aryl methyl sites for hydroxylation is 1. The van der Waals surface area contributed by atoms with Crippen molar-refractivity contribution >= 4 is 33.2 Å². The molecule has 0 aliphatic carbocycles. The van der Waals surface area contributed by atoms with E-state index in [9.17, 15) is 4.39 Å². The van der Waals surface area contributed by atoms with Crippen LogP contribution in [0.3, 0.4) is 0 Å². The maximum atomic E-state index is 13.7. The van der Waals surface area contributed by atoms with Crippen LogP contribution in [0.1, 0.15) is 11.1 Å². The van der Waals surface area contributed by atoms with Crippen LogP contribution in [0.2, 0.25) is 5.02 Å². The van der Waals surface area contributed by atoms with Crippen molar-refractivity contribution in [2.24, 2.45) is 0 Å². The Labute approximate surface area is 119 Å². The molecule has 1 N–H and O–H groups in total. The molecule has 0 radical (unpaired) electrons. The highest BCUT2D eigenvalue weighted by Gasteiger charge is 2.06. The molecule has 0 fully saturated rings. The number of anilines is 1. The summed E-state index contributed by atoms with van der Waals surface area (Å²) >= 11 is 9.16. The summed E-state index contributed by atoms with van der Waals surface area (Å²) in [6, 6.07) is 11.0. The largest absolute Gasteiger partial charge is 0.381 e. The molecular weight excluding hydrogens is 317 g/mol. The molecule has 0 saturated heterocycles. The Kier molecular flexibility index (Phi) is 4.25. The number of nitrogens with one attached hydrogen (secondary N) is 1. The predicted molar refractivity (Wildman–Crippen MR) is 77.6 cm³/mol. The zero-order valence-electron chi connectivity index (χ0n) is 9.81. The molecule has 0 aliphatic heterocycles. The van der Waals surface area contributed by atoms with Gasteiger partial charge in [-0.25, -0.2) is 4.39 Å². The summed E-state index contributed by atoms with van der Waals surface area (Å²) in [5, 5.41) is 3.36. The van der Waals surface area contributed by atoms with Gasteiger partial charge >= 0.3 is 0 Å². The molecule has 1 nitrogen and oxygen atoms in total. The summed E-state index contributed by atoms with van der Waals surface area (Å²) in [6.07, 6.45) is 0. The molecule has 0 heterocycles. The second-order valence-corrected chi connectivity index (χ2v) is 5.35. The lowest BCUT2D eigenvalue weighted by molar-refractivity contribution is 0.613. The third-order valence-electron chi connectivity index (χ3n) is 2.70. The third-order valence-corrected chi connectivity index (χ3v) is 3.49. The topological polar surface area (TPSA) is 12.0 Å². The first-order valence-electron chi connectivity index (χ1n) is 5.51. The predicted octanol–water partition coefficient (Wildman–Crippen LogP) is 5.16.